The van der Waals surface area contributed by atoms with Crippen LogP contribution >= 0.6 is 11.3 Å². The second-order valence-corrected chi connectivity index (χ2v) is 9.21. The first-order valence-electron chi connectivity index (χ1n) is 9.95. The summed E-state index contributed by atoms with van der Waals surface area (Å²) in [7, 11) is 0. The molecule has 1 saturated heterocycles. The van der Waals surface area contributed by atoms with E-state index < -0.39 is 11.7 Å². The number of nitrogens with one attached hydrogen (secondary N) is 1. The maximum absolute atomic E-state index is 12.8. The van der Waals surface area contributed by atoms with Crippen molar-refractivity contribution in [1.29, 1.82) is 0 Å². The number of rotatable bonds is 5. The van der Waals surface area contributed by atoms with E-state index in [-0.39, 0.29) is 11.9 Å². The Morgan fingerprint density at radius 2 is 2.07 bits per heavy atom. The number of carbonyl (C=O) groups excluding carboxylic acids is 2. The van der Waals surface area contributed by atoms with E-state index in [2.05, 4.69) is 11.4 Å². The number of para-hydroxylation sites is 1. The van der Waals surface area contributed by atoms with Crippen LogP contribution < -0.4 is 5.32 Å². The van der Waals surface area contributed by atoms with Gasteiger partial charge in [-0.1, -0.05) is 12.1 Å². The summed E-state index contributed by atoms with van der Waals surface area (Å²) in [6.07, 6.45) is 3.68. The van der Waals surface area contributed by atoms with Crippen LogP contribution in [0.3, 0.4) is 0 Å². The van der Waals surface area contributed by atoms with Crippen LogP contribution in [0.4, 0.5) is 4.79 Å². The molecule has 2 amide bonds. The Morgan fingerprint density at radius 3 is 2.82 bits per heavy atom. The van der Waals surface area contributed by atoms with Crippen molar-refractivity contribution in [1.82, 2.24) is 15.2 Å². The number of hydrogen-bond acceptors (Lipinski definition) is 5. The number of benzene rings is 1. The molecular weight excluding hydrogens is 374 g/mol. The van der Waals surface area contributed by atoms with E-state index in [9.17, 15) is 9.59 Å². The fourth-order valence-corrected chi connectivity index (χ4v) is 4.52. The molecular formula is C21H29N3O3S. The molecule has 2 aromatic rings. The third-order valence-electron chi connectivity index (χ3n) is 4.65. The number of alkyl carbamates (subject to hydrolysis) is 1. The number of fused-ring (bicyclic) bond motifs is 1. The maximum Gasteiger partial charge on any atom is 0.407 e. The SMILES string of the molecule is CC(C)(C)OC(=O)NCCCC(=O)N1CCCCC1c1nc2ccccc2s1. The molecule has 1 aromatic heterocycles. The number of likely N-dealkylation sites (tertiary alicyclic amines) is 1. The third kappa shape index (κ3) is 5.44. The van der Waals surface area contributed by atoms with Crippen LogP contribution in [-0.4, -0.2) is 40.6 Å². The van der Waals surface area contributed by atoms with Gasteiger partial charge in [0.25, 0.3) is 0 Å². The van der Waals surface area contributed by atoms with E-state index >= 15 is 0 Å². The molecule has 1 N–H and O–H groups in total. The van der Waals surface area contributed by atoms with Gasteiger partial charge in [0.2, 0.25) is 5.91 Å². The van der Waals surface area contributed by atoms with Gasteiger partial charge in [0, 0.05) is 19.5 Å². The smallest absolute Gasteiger partial charge is 0.407 e. The van der Waals surface area contributed by atoms with E-state index in [1.165, 1.54) is 0 Å². The molecule has 28 heavy (non-hydrogen) atoms. The molecule has 7 heteroatoms. The van der Waals surface area contributed by atoms with Gasteiger partial charge in [0.1, 0.15) is 10.6 Å². The molecule has 0 aliphatic carbocycles. The number of piperidine rings is 1. The van der Waals surface area contributed by atoms with Crippen molar-refractivity contribution in [2.75, 3.05) is 13.1 Å². The molecule has 1 atom stereocenters. The predicted octanol–water partition coefficient (Wildman–Crippen LogP) is 4.65. The van der Waals surface area contributed by atoms with Gasteiger partial charge in [-0.05, 0) is 58.6 Å². The highest BCUT2D eigenvalue weighted by atomic mass is 32.1. The van der Waals surface area contributed by atoms with Crippen molar-refractivity contribution in [2.24, 2.45) is 0 Å². The number of carbonyl (C=O) groups is 2. The van der Waals surface area contributed by atoms with Crippen molar-refractivity contribution in [3.8, 4) is 0 Å². The normalized spacial score (nSPS) is 17.5. The quantitative estimate of drug-likeness (QED) is 0.738. The Morgan fingerprint density at radius 1 is 1.29 bits per heavy atom. The van der Waals surface area contributed by atoms with Crippen LogP contribution in [0.5, 0.6) is 0 Å². The first-order valence-corrected chi connectivity index (χ1v) is 10.8. The van der Waals surface area contributed by atoms with E-state index in [0.29, 0.717) is 19.4 Å². The van der Waals surface area contributed by atoms with Crippen molar-refractivity contribution in [3.63, 3.8) is 0 Å². The molecule has 1 aliphatic rings. The molecule has 152 valence electrons. The minimum Gasteiger partial charge on any atom is -0.444 e. The van der Waals surface area contributed by atoms with Crippen LogP contribution in [0, 0.1) is 0 Å². The molecule has 1 unspecified atom stereocenters. The minimum absolute atomic E-state index is 0.0671. The first kappa shape index (κ1) is 20.6. The van der Waals surface area contributed by atoms with Gasteiger partial charge in [0.15, 0.2) is 0 Å². The monoisotopic (exact) mass is 403 g/mol. The highest BCUT2D eigenvalue weighted by molar-refractivity contribution is 7.18. The number of hydrogen-bond donors (Lipinski definition) is 1. The molecule has 0 bridgehead atoms. The molecule has 6 nitrogen and oxygen atoms in total. The van der Waals surface area contributed by atoms with Gasteiger partial charge in [-0.15, -0.1) is 11.3 Å². The summed E-state index contributed by atoms with van der Waals surface area (Å²) in [6, 6.07) is 8.18. The topological polar surface area (TPSA) is 71.5 Å². The molecule has 1 aromatic carbocycles. The lowest BCUT2D eigenvalue weighted by Crippen LogP contribution is -2.39. The fraction of sp³-hybridized carbons (Fsp3) is 0.571. The summed E-state index contributed by atoms with van der Waals surface area (Å²) in [5, 5.41) is 3.74. The largest absolute Gasteiger partial charge is 0.444 e. The van der Waals surface area contributed by atoms with Crippen molar-refractivity contribution in [3.05, 3.63) is 29.3 Å². The maximum atomic E-state index is 12.8. The third-order valence-corrected chi connectivity index (χ3v) is 5.79. The summed E-state index contributed by atoms with van der Waals surface area (Å²) < 4.78 is 6.38. The summed E-state index contributed by atoms with van der Waals surface area (Å²) in [5.74, 6) is 0.134. The molecule has 0 saturated carbocycles. The molecule has 3 rings (SSSR count). The van der Waals surface area contributed by atoms with Gasteiger partial charge in [-0.25, -0.2) is 9.78 Å². The van der Waals surface area contributed by atoms with E-state index in [1.807, 2.05) is 43.9 Å². The van der Waals surface area contributed by atoms with Crippen molar-refractivity contribution in [2.45, 2.75) is 64.5 Å². The van der Waals surface area contributed by atoms with Gasteiger partial charge in [-0.3, -0.25) is 4.79 Å². The Kier molecular flexibility index (Phi) is 6.54. The van der Waals surface area contributed by atoms with Crippen LogP contribution in [0.1, 0.15) is 63.9 Å². The summed E-state index contributed by atoms with van der Waals surface area (Å²) in [6.45, 7) is 6.69. The van der Waals surface area contributed by atoms with E-state index in [1.54, 1.807) is 11.3 Å². The Hall–Kier alpha value is -2.15. The van der Waals surface area contributed by atoms with Gasteiger partial charge < -0.3 is 15.0 Å². The second-order valence-electron chi connectivity index (χ2n) is 8.15. The Bertz CT molecular complexity index is 795. The van der Waals surface area contributed by atoms with Gasteiger partial charge in [0.05, 0.1) is 16.3 Å². The van der Waals surface area contributed by atoms with E-state index in [0.717, 1.165) is 41.0 Å². The zero-order chi connectivity index (χ0) is 20.1. The molecule has 2 heterocycles. The Balaban J connectivity index is 1.55. The second kappa shape index (κ2) is 8.90. The number of amides is 2. The van der Waals surface area contributed by atoms with Crippen LogP contribution in [0.15, 0.2) is 24.3 Å². The fourth-order valence-electron chi connectivity index (χ4n) is 3.41. The average molecular weight is 404 g/mol. The number of thiazole rings is 1. The zero-order valence-corrected chi connectivity index (χ0v) is 17.7. The van der Waals surface area contributed by atoms with Crippen LogP contribution in [0.2, 0.25) is 0 Å². The zero-order valence-electron chi connectivity index (χ0n) is 16.9. The highest BCUT2D eigenvalue weighted by Gasteiger charge is 2.30. The summed E-state index contributed by atoms with van der Waals surface area (Å²) >= 11 is 1.68. The molecule has 1 fully saturated rings. The number of ether oxygens (including phenoxy) is 1. The van der Waals surface area contributed by atoms with Gasteiger partial charge in [-0.2, -0.15) is 0 Å². The minimum atomic E-state index is -0.516. The van der Waals surface area contributed by atoms with Crippen molar-refractivity contribution < 1.29 is 14.3 Å². The van der Waals surface area contributed by atoms with Crippen molar-refractivity contribution >= 4 is 33.6 Å². The first-order chi connectivity index (χ1) is 13.3. The number of nitrogens with zero attached hydrogens (tertiary/aromatic N) is 2. The molecule has 1 aliphatic heterocycles. The van der Waals surface area contributed by atoms with Crippen LogP contribution in [-0.2, 0) is 9.53 Å². The standard InChI is InChI=1S/C21H29N3O3S/c1-21(2,3)27-20(26)22-13-8-12-18(25)24-14-7-6-10-16(24)19-23-15-9-4-5-11-17(15)28-19/h4-5,9,11,16H,6-8,10,12-14H2,1-3H3,(H,22,26). The molecule has 0 spiro atoms. The Labute approximate surface area is 170 Å². The van der Waals surface area contributed by atoms with E-state index in [4.69, 9.17) is 9.72 Å². The summed E-state index contributed by atoms with van der Waals surface area (Å²) in [4.78, 5) is 31.3. The lowest BCUT2D eigenvalue weighted by molar-refractivity contribution is -0.135. The lowest BCUT2D eigenvalue weighted by atomic mass is 10.0. The van der Waals surface area contributed by atoms with Crippen LogP contribution in [0.25, 0.3) is 10.2 Å². The highest BCUT2D eigenvalue weighted by Crippen LogP contribution is 2.35. The number of aromatic nitrogens is 1. The lowest BCUT2D eigenvalue weighted by Gasteiger charge is -2.34. The predicted molar refractivity (Wildman–Crippen MR) is 111 cm³/mol. The summed E-state index contributed by atoms with van der Waals surface area (Å²) in [5.41, 5.74) is 0.486. The average Bonchev–Trinajstić information content (AvgIpc) is 3.07. The molecule has 0 radical (unpaired) electrons. The van der Waals surface area contributed by atoms with Gasteiger partial charge >= 0.3 is 6.09 Å².